The van der Waals surface area contributed by atoms with Crippen LogP contribution in [0.25, 0.3) is 0 Å². The van der Waals surface area contributed by atoms with Gasteiger partial charge in [-0.2, -0.15) is 5.10 Å². The molecule has 1 N–H and O–H groups in total. The van der Waals surface area contributed by atoms with E-state index >= 15 is 0 Å². The van der Waals surface area contributed by atoms with Crippen molar-refractivity contribution in [2.75, 3.05) is 20.8 Å². The molecule has 1 rings (SSSR count). The van der Waals surface area contributed by atoms with Crippen LogP contribution in [0.15, 0.2) is 21.7 Å². The van der Waals surface area contributed by atoms with Crippen LogP contribution in [0.5, 0.6) is 11.5 Å². The first kappa shape index (κ1) is 15.3. The molecule has 0 bridgehead atoms. The third-order valence-electron chi connectivity index (χ3n) is 2.10. The highest BCUT2D eigenvalue weighted by Gasteiger charge is 2.09. The molecule has 6 nitrogen and oxygen atoms in total. The molecular formula is C12H15BrN2O4. The van der Waals surface area contributed by atoms with Crippen molar-refractivity contribution in [3.63, 3.8) is 0 Å². The first-order valence-corrected chi connectivity index (χ1v) is 6.29. The van der Waals surface area contributed by atoms with E-state index in [2.05, 4.69) is 31.2 Å². The fourth-order valence-electron chi connectivity index (χ4n) is 1.34. The van der Waals surface area contributed by atoms with Crippen LogP contribution in [0, 0.1) is 0 Å². The van der Waals surface area contributed by atoms with Crippen LogP contribution in [0.1, 0.15) is 12.5 Å². The molecule has 0 atom stereocenters. The lowest BCUT2D eigenvalue weighted by molar-refractivity contribution is 0.152. The molecule has 104 valence electrons. The van der Waals surface area contributed by atoms with E-state index in [0.29, 0.717) is 18.1 Å². The van der Waals surface area contributed by atoms with Crippen molar-refractivity contribution in [1.29, 1.82) is 0 Å². The van der Waals surface area contributed by atoms with Crippen LogP contribution in [0.3, 0.4) is 0 Å². The SMILES string of the molecule is CCOC(=O)NN=Cc1cc(Br)c(OC)c(OC)c1. The number of halogens is 1. The van der Waals surface area contributed by atoms with Gasteiger partial charge >= 0.3 is 6.09 Å². The van der Waals surface area contributed by atoms with E-state index in [1.54, 1.807) is 33.3 Å². The summed E-state index contributed by atoms with van der Waals surface area (Å²) in [7, 11) is 3.10. The molecule has 1 amide bonds. The van der Waals surface area contributed by atoms with Crippen molar-refractivity contribution in [1.82, 2.24) is 5.43 Å². The Bertz CT molecular complexity index is 477. The maximum atomic E-state index is 11.0. The number of carbonyl (C=O) groups excluding carboxylic acids is 1. The lowest BCUT2D eigenvalue weighted by Crippen LogP contribution is -2.18. The molecule has 7 heteroatoms. The van der Waals surface area contributed by atoms with Crippen molar-refractivity contribution in [2.45, 2.75) is 6.92 Å². The molecule has 0 heterocycles. The van der Waals surface area contributed by atoms with Crippen LogP contribution < -0.4 is 14.9 Å². The van der Waals surface area contributed by atoms with Gasteiger partial charge < -0.3 is 14.2 Å². The van der Waals surface area contributed by atoms with Gasteiger partial charge in [0.2, 0.25) is 0 Å². The fraction of sp³-hybridized carbons (Fsp3) is 0.333. The van der Waals surface area contributed by atoms with Crippen LogP contribution in [-0.2, 0) is 4.74 Å². The summed E-state index contributed by atoms with van der Waals surface area (Å²) < 4.78 is 15.8. The molecule has 0 saturated carbocycles. The number of rotatable bonds is 5. The standard InChI is InChI=1S/C12H15BrN2O4/c1-4-19-12(16)15-14-7-8-5-9(13)11(18-3)10(6-8)17-2/h5-7H,4H2,1-3H3,(H,15,16). The Morgan fingerprint density at radius 1 is 1.42 bits per heavy atom. The number of hydrazone groups is 1. The summed E-state index contributed by atoms with van der Waals surface area (Å²) in [5.41, 5.74) is 2.98. The third-order valence-corrected chi connectivity index (χ3v) is 2.69. The highest BCUT2D eigenvalue weighted by atomic mass is 79.9. The zero-order valence-corrected chi connectivity index (χ0v) is 12.5. The third kappa shape index (κ3) is 4.44. The van der Waals surface area contributed by atoms with Gasteiger partial charge in [0.25, 0.3) is 0 Å². The number of methoxy groups -OCH3 is 2. The Kier molecular flexibility index (Phi) is 6.14. The Labute approximate surface area is 119 Å². The second-order valence-electron chi connectivity index (χ2n) is 3.33. The van der Waals surface area contributed by atoms with Crippen molar-refractivity contribution in [3.8, 4) is 11.5 Å². The van der Waals surface area contributed by atoms with Crippen molar-refractivity contribution in [3.05, 3.63) is 22.2 Å². The van der Waals surface area contributed by atoms with Gasteiger partial charge in [-0.25, -0.2) is 10.2 Å². The zero-order valence-electron chi connectivity index (χ0n) is 10.9. The Balaban J connectivity index is 2.82. The predicted molar refractivity (Wildman–Crippen MR) is 75.0 cm³/mol. The second-order valence-corrected chi connectivity index (χ2v) is 4.18. The summed E-state index contributed by atoms with van der Waals surface area (Å²) in [6.07, 6.45) is 0.877. The summed E-state index contributed by atoms with van der Waals surface area (Å²) in [4.78, 5) is 11.0. The molecule has 0 aliphatic carbocycles. The Hall–Kier alpha value is -1.76. The van der Waals surface area contributed by atoms with Gasteiger partial charge in [0.05, 0.1) is 31.5 Å². The summed E-state index contributed by atoms with van der Waals surface area (Å²) in [6.45, 7) is 2.01. The molecular weight excluding hydrogens is 316 g/mol. The number of nitrogens with one attached hydrogen (secondary N) is 1. The molecule has 0 spiro atoms. The van der Waals surface area contributed by atoms with E-state index in [1.165, 1.54) is 6.21 Å². The van der Waals surface area contributed by atoms with E-state index in [-0.39, 0.29) is 0 Å². The first-order valence-electron chi connectivity index (χ1n) is 5.49. The van der Waals surface area contributed by atoms with E-state index in [4.69, 9.17) is 9.47 Å². The predicted octanol–water partition coefficient (Wildman–Crippen LogP) is 2.55. The number of benzene rings is 1. The summed E-state index contributed by atoms with van der Waals surface area (Å²) in [5, 5.41) is 3.77. The van der Waals surface area contributed by atoms with Gasteiger partial charge in [0.1, 0.15) is 0 Å². The van der Waals surface area contributed by atoms with Gasteiger partial charge in [-0.3, -0.25) is 0 Å². The van der Waals surface area contributed by atoms with E-state index < -0.39 is 6.09 Å². The average molecular weight is 331 g/mol. The molecule has 0 unspecified atom stereocenters. The zero-order chi connectivity index (χ0) is 14.3. The normalized spacial score (nSPS) is 10.3. The number of ether oxygens (including phenoxy) is 3. The minimum absolute atomic E-state index is 0.295. The molecule has 0 saturated heterocycles. The Morgan fingerprint density at radius 3 is 2.74 bits per heavy atom. The smallest absolute Gasteiger partial charge is 0.427 e. The molecule has 0 aromatic heterocycles. The number of hydrogen-bond donors (Lipinski definition) is 1. The van der Waals surface area contributed by atoms with Gasteiger partial charge in [-0.05, 0) is 40.5 Å². The molecule has 0 aliphatic rings. The van der Waals surface area contributed by atoms with Gasteiger partial charge in [-0.1, -0.05) is 0 Å². The minimum Gasteiger partial charge on any atom is -0.493 e. The maximum Gasteiger partial charge on any atom is 0.427 e. The van der Waals surface area contributed by atoms with E-state index in [9.17, 15) is 4.79 Å². The molecule has 0 radical (unpaired) electrons. The van der Waals surface area contributed by atoms with Gasteiger partial charge in [0.15, 0.2) is 11.5 Å². The minimum atomic E-state index is -0.599. The summed E-state index contributed by atoms with van der Waals surface area (Å²) in [5.74, 6) is 1.16. The van der Waals surface area contributed by atoms with Gasteiger partial charge in [-0.15, -0.1) is 0 Å². The van der Waals surface area contributed by atoms with Crippen molar-refractivity contribution in [2.24, 2.45) is 5.10 Å². The van der Waals surface area contributed by atoms with Crippen LogP contribution in [0.2, 0.25) is 0 Å². The largest absolute Gasteiger partial charge is 0.493 e. The summed E-state index contributed by atoms with van der Waals surface area (Å²) >= 11 is 3.37. The van der Waals surface area contributed by atoms with Crippen LogP contribution in [0.4, 0.5) is 4.79 Å². The topological polar surface area (TPSA) is 69.2 Å². The summed E-state index contributed by atoms with van der Waals surface area (Å²) in [6, 6.07) is 3.53. The fourth-order valence-corrected chi connectivity index (χ4v) is 1.96. The van der Waals surface area contributed by atoms with E-state index in [1.807, 2.05) is 0 Å². The first-order chi connectivity index (χ1) is 9.12. The molecule has 19 heavy (non-hydrogen) atoms. The van der Waals surface area contributed by atoms with E-state index in [0.717, 1.165) is 10.0 Å². The monoisotopic (exact) mass is 330 g/mol. The molecule has 1 aromatic rings. The highest BCUT2D eigenvalue weighted by molar-refractivity contribution is 9.10. The number of carbonyl (C=O) groups is 1. The number of nitrogens with zero attached hydrogens (tertiary/aromatic N) is 1. The highest BCUT2D eigenvalue weighted by Crippen LogP contribution is 2.35. The van der Waals surface area contributed by atoms with Crippen molar-refractivity contribution < 1.29 is 19.0 Å². The molecule has 1 aromatic carbocycles. The maximum absolute atomic E-state index is 11.0. The molecule has 0 aliphatic heterocycles. The van der Waals surface area contributed by atoms with Gasteiger partial charge in [0, 0.05) is 0 Å². The Morgan fingerprint density at radius 2 is 2.16 bits per heavy atom. The second kappa shape index (κ2) is 7.63. The lowest BCUT2D eigenvalue weighted by Gasteiger charge is -2.10. The number of hydrogen-bond acceptors (Lipinski definition) is 5. The number of amides is 1. The van der Waals surface area contributed by atoms with Crippen LogP contribution in [-0.4, -0.2) is 33.1 Å². The van der Waals surface area contributed by atoms with Crippen LogP contribution >= 0.6 is 15.9 Å². The average Bonchev–Trinajstić information content (AvgIpc) is 2.38. The van der Waals surface area contributed by atoms with Crippen molar-refractivity contribution >= 4 is 28.2 Å². The quantitative estimate of drug-likeness (QED) is 0.665. The molecule has 0 fully saturated rings. The lowest BCUT2D eigenvalue weighted by atomic mass is 10.2.